The van der Waals surface area contributed by atoms with Gasteiger partial charge in [0.1, 0.15) is 0 Å². The Balaban J connectivity index is 1.32. The molecule has 0 radical (unpaired) electrons. The van der Waals surface area contributed by atoms with Crippen molar-refractivity contribution in [3.8, 4) is 0 Å². The maximum Gasteiger partial charge on any atom is 0.191 e. The van der Waals surface area contributed by atoms with E-state index in [1.807, 2.05) is 0 Å². The minimum Gasteiger partial charge on any atom is -0.377 e. The number of hydrogen-bond acceptors (Lipinski definition) is 3. The van der Waals surface area contributed by atoms with Gasteiger partial charge in [-0.2, -0.15) is 0 Å². The van der Waals surface area contributed by atoms with E-state index in [0.717, 1.165) is 25.0 Å². The third-order valence-electron chi connectivity index (χ3n) is 6.54. The first kappa shape index (κ1) is 16.6. The van der Waals surface area contributed by atoms with Crippen LogP contribution < -0.4 is 10.6 Å². The number of nitrogens with one attached hydrogen (secondary N) is 2. The van der Waals surface area contributed by atoms with Crippen molar-refractivity contribution in [3.05, 3.63) is 0 Å². The summed E-state index contributed by atoms with van der Waals surface area (Å²) in [6.07, 6.45) is 5.74. The lowest BCUT2D eigenvalue weighted by atomic mass is 9.57. The summed E-state index contributed by atoms with van der Waals surface area (Å²) in [7, 11) is 0. The van der Waals surface area contributed by atoms with E-state index in [0.29, 0.717) is 24.1 Å². The maximum absolute atomic E-state index is 5.92. The van der Waals surface area contributed by atoms with E-state index in [4.69, 9.17) is 9.73 Å². The van der Waals surface area contributed by atoms with Gasteiger partial charge in [-0.05, 0) is 38.5 Å². The highest BCUT2D eigenvalue weighted by atomic mass is 16.5. The molecule has 2 N–H and O–H groups in total. The molecule has 2 aliphatic heterocycles. The van der Waals surface area contributed by atoms with Gasteiger partial charge >= 0.3 is 0 Å². The summed E-state index contributed by atoms with van der Waals surface area (Å²) >= 11 is 0. The zero-order chi connectivity index (χ0) is 16.7. The number of guanidine groups is 1. The normalized spacial score (nSPS) is 38.7. The number of aliphatic imine (C=N–C) groups is 1. The Morgan fingerprint density at radius 2 is 2.04 bits per heavy atom. The van der Waals surface area contributed by atoms with Gasteiger partial charge in [0, 0.05) is 56.2 Å². The number of likely N-dealkylation sites (tertiary alicyclic amines) is 1. The molecule has 2 aliphatic carbocycles. The molecule has 136 valence electrons. The third-order valence-corrected chi connectivity index (χ3v) is 6.54. The van der Waals surface area contributed by atoms with Crippen molar-refractivity contribution in [2.45, 2.75) is 64.6 Å². The first-order valence-electron chi connectivity index (χ1n) is 9.99. The molecule has 4 aliphatic rings. The van der Waals surface area contributed by atoms with E-state index < -0.39 is 0 Å². The van der Waals surface area contributed by atoms with Gasteiger partial charge in [-0.1, -0.05) is 13.8 Å². The second kappa shape index (κ2) is 6.49. The van der Waals surface area contributed by atoms with Gasteiger partial charge in [0.05, 0.1) is 6.10 Å². The fourth-order valence-electron chi connectivity index (χ4n) is 5.03. The summed E-state index contributed by atoms with van der Waals surface area (Å²) < 4.78 is 5.92. The van der Waals surface area contributed by atoms with Gasteiger partial charge in [-0.3, -0.25) is 4.99 Å². The number of rotatable bonds is 5. The third kappa shape index (κ3) is 3.17. The molecule has 2 heterocycles. The Hall–Kier alpha value is -0.810. The van der Waals surface area contributed by atoms with Crippen LogP contribution in [-0.4, -0.2) is 61.8 Å². The molecule has 2 saturated heterocycles. The predicted molar refractivity (Wildman–Crippen MR) is 97.2 cm³/mol. The summed E-state index contributed by atoms with van der Waals surface area (Å²) in [6, 6.07) is 1.02. The van der Waals surface area contributed by atoms with Crippen LogP contribution in [0.4, 0.5) is 0 Å². The van der Waals surface area contributed by atoms with Crippen molar-refractivity contribution in [2.75, 3.05) is 32.8 Å². The van der Waals surface area contributed by atoms with Crippen molar-refractivity contribution < 1.29 is 4.74 Å². The number of hydrogen-bond donors (Lipinski definition) is 2. The van der Waals surface area contributed by atoms with E-state index in [1.54, 1.807) is 0 Å². The summed E-state index contributed by atoms with van der Waals surface area (Å²) in [5.74, 6) is 2.65. The van der Waals surface area contributed by atoms with Crippen LogP contribution in [0.1, 0.15) is 46.5 Å². The molecular weight excluding hydrogens is 300 g/mol. The van der Waals surface area contributed by atoms with E-state index >= 15 is 0 Å². The van der Waals surface area contributed by atoms with Gasteiger partial charge in [0.25, 0.3) is 0 Å². The monoisotopic (exact) mass is 334 g/mol. The molecule has 0 bridgehead atoms. The Bertz CT molecular complexity index is 488. The predicted octanol–water partition coefficient (Wildman–Crippen LogP) is 1.84. The fraction of sp³-hybridized carbons (Fsp3) is 0.947. The van der Waals surface area contributed by atoms with Crippen LogP contribution in [0.3, 0.4) is 0 Å². The van der Waals surface area contributed by atoms with Crippen LogP contribution in [-0.2, 0) is 4.74 Å². The average molecular weight is 335 g/mol. The fourth-order valence-corrected chi connectivity index (χ4v) is 5.03. The lowest BCUT2D eigenvalue weighted by Crippen LogP contribution is -2.68. The van der Waals surface area contributed by atoms with E-state index in [1.165, 1.54) is 45.3 Å². The van der Waals surface area contributed by atoms with E-state index in [2.05, 4.69) is 36.3 Å². The highest BCUT2D eigenvalue weighted by Gasteiger charge is 2.59. The molecule has 0 aromatic carbocycles. The highest BCUT2D eigenvalue weighted by Crippen LogP contribution is 2.52. The molecule has 5 heteroatoms. The minimum absolute atomic E-state index is 0.199. The molecule has 4 fully saturated rings. The Morgan fingerprint density at radius 3 is 2.79 bits per heavy atom. The van der Waals surface area contributed by atoms with Gasteiger partial charge in [0.15, 0.2) is 5.96 Å². The summed E-state index contributed by atoms with van der Waals surface area (Å²) in [6.45, 7) is 12.2. The molecule has 0 aromatic heterocycles. The molecule has 0 unspecified atom stereocenters. The molecule has 24 heavy (non-hydrogen) atoms. The standard InChI is InChI=1S/C19H34N4O/c1-4-20-18(21-14-7-9-23(12-14)11-13-5-6-13)22-16-15-8-10-24-17(15)19(16,2)3/h13-17H,4-12H2,1-3H3,(H2,20,21,22)/t14-,15+,16-,17-/m1/s1. The maximum atomic E-state index is 5.92. The van der Waals surface area contributed by atoms with Crippen LogP contribution in [0.15, 0.2) is 4.99 Å². The van der Waals surface area contributed by atoms with Gasteiger partial charge in [-0.15, -0.1) is 0 Å². The molecule has 2 saturated carbocycles. The molecule has 4 rings (SSSR count). The first-order chi connectivity index (χ1) is 11.6. The molecule has 0 spiro atoms. The van der Waals surface area contributed by atoms with Crippen LogP contribution in [0, 0.1) is 17.3 Å². The first-order valence-corrected chi connectivity index (χ1v) is 9.99. The quantitative estimate of drug-likeness (QED) is 0.595. The Kier molecular flexibility index (Phi) is 4.50. The lowest BCUT2D eigenvalue weighted by molar-refractivity contribution is -0.106. The van der Waals surface area contributed by atoms with Crippen molar-refractivity contribution in [1.82, 2.24) is 15.5 Å². The topological polar surface area (TPSA) is 48.9 Å². The Morgan fingerprint density at radius 1 is 1.21 bits per heavy atom. The zero-order valence-electron chi connectivity index (χ0n) is 15.6. The van der Waals surface area contributed by atoms with Gasteiger partial charge in [-0.25, -0.2) is 0 Å². The largest absolute Gasteiger partial charge is 0.377 e. The Labute approximate surface area is 146 Å². The van der Waals surface area contributed by atoms with Crippen LogP contribution >= 0.6 is 0 Å². The van der Waals surface area contributed by atoms with Crippen molar-refractivity contribution in [3.63, 3.8) is 0 Å². The summed E-state index contributed by atoms with van der Waals surface area (Å²) in [4.78, 5) is 7.35. The average Bonchev–Trinajstić information content (AvgIpc) is 3.07. The molecule has 5 nitrogen and oxygen atoms in total. The summed E-state index contributed by atoms with van der Waals surface area (Å²) in [5, 5.41) is 7.46. The molecule has 0 amide bonds. The second-order valence-electron chi connectivity index (χ2n) is 8.84. The van der Waals surface area contributed by atoms with Crippen molar-refractivity contribution >= 4 is 5.96 Å². The summed E-state index contributed by atoms with van der Waals surface area (Å²) in [5.41, 5.74) is 0.199. The van der Waals surface area contributed by atoms with Crippen LogP contribution in [0.2, 0.25) is 0 Å². The SMILES string of the molecule is CCN=C(N[C@@H]1CCN(CC2CC2)C1)N[C@@H]1[C@@H]2CCO[C@H]2C1(C)C. The van der Waals surface area contributed by atoms with Crippen LogP contribution in [0.5, 0.6) is 0 Å². The molecular formula is C19H34N4O. The lowest BCUT2D eigenvalue weighted by Gasteiger charge is -2.55. The highest BCUT2D eigenvalue weighted by molar-refractivity contribution is 5.80. The van der Waals surface area contributed by atoms with Gasteiger partial charge in [0.2, 0.25) is 0 Å². The smallest absolute Gasteiger partial charge is 0.191 e. The zero-order valence-corrected chi connectivity index (χ0v) is 15.6. The van der Waals surface area contributed by atoms with Crippen molar-refractivity contribution in [1.29, 1.82) is 0 Å². The number of fused-ring (bicyclic) bond motifs is 1. The second-order valence-corrected chi connectivity index (χ2v) is 8.84. The minimum atomic E-state index is 0.199. The van der Waals surface area contributed by atoms with E-state index in [-0.39, 0.29) is 5.41 Å². The van der Waals surface area contributed by atoms with E-state index in [9.17, 15) is 0 Å². The number of nitrogens with zero attached hydrogens (tertiary/aromatic N) is 2. The number of ether oxygens (including phenoxy) is 1. The van der Waals surface area contributed by atoms with Gasteiger partial charge < -0.3 is 20.3 Å². The van der Waals surface area contributed by atoms with Crippen molar-refractivity contribution in [2.24, 2.45) is 22.2 Å². The molecule has 4 atom stereocenters. The van der Waals surface area contributed by atoms with Crippen LogP contribution in [0.25, 0.3) is 0 Å². The molecule has 0 aromatic rings.